The molecule has 8 nitrogen and oxygen atoms in total. The van der Waals surface area contributed by atoms with E-state index in [1.165, 1.54) is 13.0 Å². The monoisotopic (exact) mass is 423 g/mol. The molecule has 0 aromatic heterocycles. The van der Waals surface area contributed by atoms with Crippen molar-refractivity contribution in [1.82, 2.24) is 4.90 Å². The van der Waals surface area contributed by atoms with Gasteiger partial charge in [0.25, 0.3) is 5.91 Å². The molecule has 2 N–H and O–H groups in total. The second-order valence-electron chi connectivity index (χ2n) is 6.23. The number of imide groups is 1. The molecule has 2 amide bonds. The lowest BCUT2D eigenvalue weighted by Crippen LogP contribution is -2.40. The lowest BCUT2D eigenvalue weighted by atomic mass is 9.92. The number of carbonyl (C=O) groups excluding carboxylic acids is 1. The average Bonchev–Trinajstić information content (AvgIpc) is 2.72. The van der Waals surface area contributed by atoms with E-state index in [0.717, 1.165) is 11.1 Å². The first-order chi connectivity index (χ1) is 14.3. The third-order valence-corrected chi connectivity index (χ3v) is 4.58. The molecule has 0 saturated carbocycles. The van der Waals surface area contributed by atoms with Gasteiger partial charge in [-0.05, 0) is 37.1 Å². The Kier molecular flexibility index (Phi) is 7.51. The zero-order valence-corrected chi connectivity index (χ0v) is 17.0. The summed E-state index contributed by atoms with van der Waals surface area (Å²) in [7, 11) is 0. The second kappa shape index (κ2) is 10.1. The predicted octanol–water partition coefficient (Wildman–Crippen LogP) is 4.12. The molecule has 0 radical (unpaired) electrons. The van der Waals surface area contributed by atoms with Crippen molar-refractivity contribution < 1.29 is 14.7 Å². The van der Waals surface area contributed by atoms with Gasteiger partial charge in [0.1, 0.15) is 6.07 Å². The smallest absolute Gasteiger partial charge is 0.414 e. The summed E-state index contributed by atoms with van der Waals surface area (Å²) in [4.78, 5) is 23.6. The van der Waals surface area contributed by atoms with E-state index in [-0.39, 0.29) is 6.54 Å². The number of halogens is 1. The minimum Gasteiger partial charge on any atom is -0.465 e. The van der Waals surface area contributed by atoms with E-state index < -0.39 is 23.6 Å². The fourth-order valence-corrected chi connectivity index (χ4v) is 2.94. The number of nitriles is 2. The molecular formula is C21H18ClN5O3. The molecule has 2 aromatic carbocycles. The Balaban J connectivity index is 2.26. The van der Waals surface area contributed by atoms with Crippen molar-refractivity contribution in [3.63, 3.8) is 0 Å². The number of benzene rings is 2. The highest BCUT2D eigenvalue weighted by Gasteiger charge is 2.24. The molecule has 152 valence electrons. The minimum atomic E-state index is -1.48. The van der Waals surface area contributed by atoms with Gasteiger partial charge in [0, 0.05) is 11.6 Å². The van der Waals surface area contributed by atoms with Crippen LogP contribution in [0.15, 0.2) is 47.6 Å². The summed E-state index contributed by atoms with van der Waals surface area (Å²) >= 11 is 6.35. The molecule has 0 aliphatic heterocycles. The highest BCUT2D eigenvalue weighted by atomic mass is 35.5. The predicted molar refractivity (Wildman–Crippen MR) is 112 cm³/mol. The van der Waals surface area contributed by atoms with E-state index in [2.05, 4.69) is 16.6 Å². The van der Waals surface area contributed by atoms with Gasteiger partial charge in [-0.3, -0.25) is 10.2 Å². The van der Waals surface area contributed by atoms with Crippen LogP contribution in [0.1, 0.15) is 29.5 Å². The highest BCUT2D eigenvalue weighted by Crippen LogP contribution is 2.32. The number of nitrogens with one attached hydrogen (secondary N) is 1. The maximum atomic E-state index is 12.1. The van der Waals surface area contributed by atoms with Gasteiger partial charge in [0.05, 0.1) is 17.7 Å². The largest absolute Gasteiger partial charge is 0.465 e. The average molecular weight is 424 g/mol. The van der Waals surface area contributed by atoms with Crippen LogP contribution in [0.3, 0.4) is 0 Å². The molecule has 2 rings (SSSR count). The molecule has 0 saturated heterocycles. The normalized spacial score (nSPS) is 11.7. The molecule has 1 atom stereocenters. The molecule has 9 heteroatoms. The molecule has 2 aromatic rings. The first-order valence-electron chi connectivity index (χ1n) is 8.86. The van der Waals surface area contributed by atoms with Crippen LogP contribution in [0.25, 0.3) is 0 Å². The van der Waals surface area contributed by atoms with Gasteiger partial charge < -0.3 is 5.11 Å². The van der Waals surface area contributed by atoms with Crippen molar-refractivity contribution >= 4 is 35.0 Å². The Hall–Kier alpha value is -3.88. The fraction of sp³-hybridized carbons (Fsp3) is 0.190. The van der Waals surface area contributed by atoms with Gasteiger partial charge in [-0.1, -0.05) is 47.5 Å². The molecule has 0 spiro atoms. The second-order valence-corrected chi connectivity index (χ2v) is 6.63. The van der Waals surface area contributed by atoms with E-state index in [1.54, 1.807) is 18.2 Å². The number of aryl methyl sites for hydroxylation is 1. The van der Waals surface area contributed by atoms with Gasteiger partial charge in [-0.25, -0.2) is 9.69 Å². The highest BCUT2D eigenvalue weighted by molar-refractivity contribution is 6.46. The Bertz CT molecular complexity index is 1070. The zero-order valence-electron chi connectivity index (χ0n) is 16.3. The van der Waals surface area contributed by atoms with E-state index in [0.29, 0.717) is 21.2 Å². The maximum absolute atomic E-state index is 12.1. The zero-order chi connectivity index (χ0) is 22.3. The van der Waals surface area contributed by atoms with Crippen molar-refractivity contribution in [2.45, 2.75) is 19.8 Å². The maximum Gasteiger partial charge on any atom is 0.414 e. The number of carboxylic acid groups (broad SMARTS) is 1. The Morgan fingerprint density at radius 1 is 1.23 bits per heavy atom. The van der Waals surface area contributed by atoms with Crippen LogP contribution in [0.5, 0.6) is 0 Å². The van der Waals surface area contributed by atoms with Crippen LogP contribution in [0, 0.1) is 29.6 Å². The van der Waals surface area contributed by atoms with Gasteiger partial charge in [0.2, 0.25) is 5.71 Å². The van der Waals surface area contributed by atoms with Crippen LogP contribution < -0.4 is 5.43 Å². The Labute approximate surface area is 178 Å². The van der Waals surface area contributed by atoms with Gasteiger partial charge >= 0.3 is 6.09 Å². The van der Waals surface area contributed by atoms with Gasteiger partial charge in [0.15, 0.2) is 0 Å². The first-order valence-corrected chi connectivity index (χ1v) is 9.24. The number of rotatable bonds is 6. The molecule has 0 heterocycles. The van der Waals surface area contributed by atoms with E-state index in [4.69, 9.17) is 22.0 Å². The summed E-state index contributed by atoms with van der Waals surface area (Å²) in [5.74, 6) is -1.60. The summed E-state index contributed by atoms with van der Waals surface area (Å²) < 4.78 is 0. The van der Waals surface area contributed by atoms with E-state index in [9.17, 15) is 14.9 Å². The van der Waals surface area contributed by atoms with Crippen LogP contribution in [-0.4, -0.2) is 34.3 Å². The topological polar surface area (TPSA) is 130 Å². The number of anilines is 1. The van der Waals surface area contributed by atoms with Crippen molar-refractivity contribution in [2.24, 2.45) is 5.10 Å². The van der Waals surface area contributed by atoms with Crippen molar-refractivity contribution in [3.8, 4) is 12.1 Å². The number of carbonyl (C=O) groups is 2. The van der Waals surface area contributed by atoms with Crippen LogP contribution in [-0.2, 0) is 4.79 Å². The van der Waals surface area contributed by atoms with Gasteiger partial charge in [-0.2, -0.15) is 15.6 Å². The van der Waals surface area contributed by atoms with Gasteiger partial charge in [-0.15, -0.1) is 0 Å². The number of nitrogens with zero attached hydrogens (tertiary/aromatic N) is 4. The van der Waals surface area contributed by atoms with Crippen LogP contribution in [0.2, 0.25) is 5.02 Å². The molecule has 1 unspecified atom stereocenters. The molecule has 30 heavy (non-hydrogen) atoms. The Morgan fingerprint density at radius 3 is 2.40 bits per heavy atom. The molecule has 0 bridgehead atoms. The standard InChI is InChI=1S/C21H18ClN5O3/c1-3-27(21(29)30)20(28)19(12-24)26-25-15-8-9-16(18(22)10-15)17(11-23)14-6-4-13(2)5-7-14/h4-10,17,25H,3H2,1-2H3,(H,29,30)/b26-19+. The number of hydrogen-bond acceptors (Lipinski definition) is 6. The molecular weight excluding hydrogens is 406 g/mol. The minimum absolute atomic E-state index is 0.121. The lowest BCUT2D eigenvalue weighted by molar-refractivity contribution is -0.121. The third-order valence-electron chi connectivity index (χ3n) is 4.25. The summed E-state index contributed by atoms with van der Waals surface area (Å²) in [6, 6.07) is 16.1. The molecule has 0 aliphatic carbocycles. The summed E-state index contributed by atoms with van der Waals surface area (Å²) in [5.41, 5.74) is 4.74. The van der Waals surface area contributed by atoms with E-state index >= 15 is 0 Å². The van der Waals surface area contributed by atoms with Crippen LogP contribution >= 0.6 is 11.6 Å². The van der Waals surface area contributed by atoms with Crippen molar-refractivity contribution in [3.05, 3.63) is 64.2 Å². The third kappa shape index (κ3) is 5.13. The quantitative estimate of drug-likeness (QED) is 0.530. The molecule has 0 fully saturated rings. The summed E-state index contributed by atoms with van der Waals surface area (Å²) in [6.07, 6.45) is -1.48. The van der Waals surface area contributed by atoms with Crippen LogP contribution in [0.4, 0.5) is 10.5 Å². The number of amides is 2. The Morgan fingerprint density at radius 2 is 1.90 bits per heavy atom. The SMILES string of the molecule is CCN(C(=O)O)C(=O)/C(C#N)=N/Nc1ccc(C(C#N)c2ccc(C)cc2)c(Cl)c1. The molecule has 0 aliphatic rings. The number of hydrogen-bond donors (Lipinski definition) is 2. The fourth-order valence-electron chi connectivity index (χ4n) is 2.65. The van der Waals surface area contributed by atoms with Crippen molar-refractivity contribution in [1.29, 1.82) is 10.5 Å². The van der Waals surface area contributed by atoms with Crippen molar-refractivity contribution in [2.75, 3.05) is 12.0 Å². The lowest BCUT2D eigenvalue weighted by Gasteiger charge is -2.14. The summed E-state index contributed by atoms with van der Waals surface area (Å²) in [5, 5.41) is 31.7. The first kappa shape index (κ1) is 22.4. The van der Waals surface area contributed by atoms with E-state index in [1.807, 2.05) is 31.2 Å². The summed E-state index contributed by atoms with van der Waals surface area (Å²) in [6.45, 7) is 3.30. The number of hydrazone groups is 1.